The number of benzene rings is 2. The smallest absolute Gasteiger partial charge is 0.398 e. The number of hydrogen-bond acceptors (Lipinski definition) is 4. The molecule has 0 aliphatic carbocycles. The molecule has 164 valence electrons. The predicted molar refractivity (Wildman–Crippen MR) is 117 cm³/mol. The number of nitrogens with zero attached hydrogens (tertiary/aromatic N) is 3. The van der Waals surface area contributed by atoms with Gasteiger partial charge in [0.15, 0.2) is 0 Å². The van der Waals surface area contributed by atoms with Crippen molar-refractivity contribution in [1.82, 2.24) is 0 Å². The molecule has 0 spiro atoms. The van der Waals surface area contributed by atoms with Gasteiger partial charge in [0, 0.05) is 37.1 Å². The lowest BCUT2D eigenvalue weighted by molar-refractivity contribution is -0.137. The highest BCUT2D eigenvalue weighted by atomic mass is 19.4. The van der Waals surface area contributed by atoms with Gasteiger partial charge in [-0.15, -0.1) is 0 Å². The summed E-state index contributed by atoms with van der Waals surface area (Å²) >= 11 is 0. The summed E-state index contributed by atoms with van der Waals surface area (Å²) in [6.45, 7) is 1.85. The van der Waals surface area contributed by atoms with Gasteiger partial charge >= 0.3 is 6.18 Å². The fraction of sp³-hybridized carbons (Fsp3) is 0.318. The number of aliphatic imine (C=N–C) groups is 2. The van der Waals surface area contributed by atoms with E-state index >= 15 is 0 Å². The summed E-state index contributed by atoms with van der Waals surface area (Å²) in [5.41, 5.74) is 12.6. The van der Waals surface area contributed by atoms with E-state index in [0.29, 0.717) is 5.69 Å². The monoisotopic (exact) mass is 431 g/mol. The standard InChI is InChI=1S/C22H24F3N5O/c23-22(24,25)15-5-4-6-16(13-15)28-10-9-20(27)29-21(31)18-14-17(7-8-19(18)26)30-11-2-1-3-12-30/h4-8,10,13-14H,1-3,9,11-12,26H2,(H2,27,29,31). The van der Waals surface area contributed by atoms with Crippen LogP contribution in [0.2, 0.25) is 0 Å². The van der Waals surface area contributed by atoms with E-state index < -0.39 is 17.6 Å². The van der Waals surface area contributed by atoms with Crippen molar-refractivity contribution >= 4 is 35.0 Å². The molecule has 1 fully saturated rings. The van der Waals surface area contributed by atoms with Gasteiger partial charge in [-0.3, -0.25) is 9.79 Å². The first-order chi connectivity index (χ1) is 14.7. The van der Waals surface area contributed by atoms with Crippen molar-refractivity contribution in [2.45, 2.75) is 31.9 Å². The second kappa shape index (κ2) is 9.63. The summed E-state index contributed by atoms with van der Waals surface area (Å²) < 4.78 is 38.3. The van der Waals surface area contributed by atoms with Crippen molar-refractivity contribution in [3.8, 4) is 0 Å². The molecule has 0 aromatic heterocycles. The molecule has 1 saturated heterocycles. The minimum absolute atomic E-state index is 0.00764. The quantitative estimate of drug-likeness (QED) is 0.412. The zero-order chi connectivity index (χ0) is 22.4. The molecule has 1 aliphatic heterocycles. The number of alkyl halides is 3. The third kappa shape index (κ3) is 6.07. The van der Waals surface area contributed by atoms with Crippen molar-refractivity contribution < 1.29 is 18.0 Å². The van der Waals surface area contributed by atoms with Gasteiger partial charge < -0.3 is 16.4 Å². The summed E-state index contributed by atoms with van der Waals surface area (Å²) in [7, 11) is 0. The zero-order valence-electron chi connectivity index (χ0n) is 16.9. The number of anilines is 2. The molecule has 0 bridgehead atoms. The molecule has 2 aromatic carbocycles. The number of halogens is 3. The third-order valence-corrected chi connectivity index (χ3v) is 4.95. The number of nitrogens with two attached hydrogens (primary N) is 2. The largest absolute Gasteiger partial charge is 0.416 e. The van der Waals surface area contributed by atoms with E-state index in [1.807, 2.05) is 6.07 Å². The Labute approximate surface area is 178 Å². The Bertz CT molecular complexity index is 995. The molecular weight excluding hydrogens is 407 g/mol. The Morgan fingerprint density at radius 3 is 2.55 bits per heavy atom. The highest BCUT2D eigenvalue weighted by molar-refractivity contribution is 6.08. The Morgan fingerprint density at radius 2 is 1.84 bits per heavy atom. The van der Waals surface area contributed by atoms with Crippen molar-refractivity contribution in [1.29, 1.82) is 0 Å². The number of hydrogen-bond donors (Lipinski definition) is 2. The van der Waals surface area contributed by atoms with E-state index in [4.69, 9.17) is 11.5 Å². The molecule has 0 atom stereocenters. The molecule has 0 radical (unpaired) electrons. The van der Waals surface area contributed by atoms with Gasteiger partial charge in [0.05, 0.1) is 16.8 Å². The van der Waals surface area contributed by atoms with Gasteiger partial charge in [-0.05, 0) is 55.7 Å². The molecule has 3 rings (SSSR count). The van der Waals surface area contributed by atoms with Crippen LogP contribution in [0.25, 0.3) is 0 Å². The van der Waals surface area contributed by atoms with Crippen LogP contribution in [-0.2, 0) is 6.18 Å². The first kappa shape index (κ1) is 22.3. The fourth-order valence-electron chi connectivity index (χ4n) is 3.32. The molecule has 0 saturated carbocycles. The van der Waals surface area contributed by atoms with Gasteiger partial charge in [-0.2, -0.15) is 18.2 Å². The normalized spacial score (nSPS) is 15.5. The maximum absolute atomic E-state index is 12.8. The summed E-state index contributed by atoms with van der Waals surface area (Å²) in [6.07, 6.45) is 0.276. The third-order valence-electron chi connectivity index (χ3n) is 4.95. The molecule has 31 heavy (non-hydrogen) atoms. The Hall–Kier alpha value is -3.36. The van der Waals surface area contributed by atoms with Crippen molar-refractivity contribution in [2.75, 3.05) is 23.7 Å². The summed E-state index contributed by atoms with van der Waals surface area (Å²) in [4.78, 5) is 22.6. The van der Waals surface area contributed by atoms with Crippen LogP contribution in [0.4, 0.5) is 30.2 Å². The van der Waals surface area contributed by atoms with Crippen LogP contribution in [-0.4, -0.2) is 31.0 Å². The van der Waals surface area contributed by atoms with Crippen molar-refractivity contribution in [2.24, 2.45) is 15.7 Å². The summed E-state index contributed by atoms with van der Waals surface area (Å²) in [5.74, 6) is -0.579. The topological polar surface area (TPSA) is 97.1 Å². The molecule has 1 aliphatic rings. The second-order valence-electron chi connectivity index (χ2n) is 7.29. The number of piperidine rings is 1. The predicted octanol–water partition coefficient (Wildman–Crippen LogP) is 4.57. The Morgan fingerprint density at radius 1 is 1.10 bits per heavy atom. The fourth-order valence-corrected chi connectivity index (χ4v) is 3.32. The minimum atomic E-state index is -4.44. The Balaban J connectivity index is 1.68. The van der Waals surface area contributed by atoms with Gasteiger partial charge in [-0.1, -0.05) is 6.07 Å². The van der Waals surface area contributed by atoms with E-state index in [-0.39, 0.29) is 23.5 Å². The summed E-state index contributed by atoms with van der Waals surface area (Å²) in [6, 6.07) is 9.89. The van der Waals surface area contributed by atoms with E-state index in [2.05, 4.69) is 14.9 Å². The Kier molecular flexibility index (Phi) is 6.94. The molecule has 1 heterocycles. The highest BCUT2D eigenvalue weighted by Gasteiger charge is 2.30. The maximum atomic E-state index is 12.8. The van der Waals surface area contributed by atoms with E-state index in [9.17, 15) is 18.0 Å². The molecule has 2 aromatic rings. The highest BCUT2D eigenvalue weighted by Crippen LogP contribution is 2.31. The van der Waals surface area contributed by atoms with E-state index in [1.54, 1.807) is 12.1 Å². The lowest BCUT2D eigenvalue weighted by Crippen LogP contribution is -2.29. The van der Waals surface area contributed by atoms with Crippen LogP contribution in [0.1, 0.15) is 41.6 Å². The van der Waals surface area contributed by atoms with Crippen molar-refractivity contribution in [3.05, 3.63) is 53.6 Å². The molecule has 9 heteroatoms. The number of rotatable bonds is 5. The van der Waals surface area contributed by atoms with Gasteiger partial charge in [-0.25, -0.2) is 0 Å². The molecular formula is C22H24F3N5O. The molecule has 4 N–H and O–H groups in total. The van der Waals surface area contributed by atoms with Crippen LogP contribution in [0.3, 0.4) is 0 Å². The van der Waals surface area contributed by atoms with Crippen molar-refractivity contribution in [3.63, 3.8) is 0 Å². The van der Waals surface area contributed by atoms with Gasteiger partial charge in [0.2, 0.25) is 0 Å². The average Bonchev–Trinajstić information content (AvgIpc) is 2.74. The second-order valence-corrected chi connectivity index (χ2v) is 7.29. The van der Waals surface area contributed by atoms with E-state index in [1.165, 1.54) is 24.8 Å². The lowest BCUT2D eigenvalue weighted by Gasteiger charge is -2.29. The lowest BCUT2D eigenvalue weighted by atomic mass is 10.1. The number of carbonyl (C=O) groups excluding carboxylic acids is 1. The summed E-state index contributed by atoms with van der Waals surface area (Å²) in [5, 5.41) is 0. The SMILES string of the molecule is NC(CC=Nc1cccc(C(F)(F)F)c1)=NC(=O)c1cc(N2CCCCC2)ccc1N. The van der Waals surface area contributed by atoms with Crippen LogP contribution in [0.15, 0.2) is 52.4 Å². The van der Waals surface area contributed by atoms with Crippen LogP contribution in [0, 0.1) is 0 Å². The first-order valence-electron chi connectivity index (χ1n) is 9.95. The van der Waals surface area contributed by atoms with Crippen LogP contribution in [0.5, 0.6) is 0 Å². The van der Waals surface area contributed by atoms with Gasteiger partial charge in [0.1, 0.15) is 5.84 Å². The number of amidine groups is 1. The van der Waals surface area contributed by atoms with Crippen LogP contribution >= 0.6 is 0 Å². The van der Waals surface area contributed by atoms with Gasteiger partial charge in [0.25, 0.3) is 5.91 Å². The van der Waals surface area contributed by atoms with E-state index in [0.717, 1.165) is 43.8 Å². The minimum Gasteiger partial charge on any atom is -0.398 e. The number of nitrogen functional groups attached to an aromatic ring is 1. The molecule has 6 nitrogen and oxygen atoms in total. The van der Waals surface area contributed by atoms with Crippen LogP contribution < -0.4 is 16.4 Å². The molecule has 0 unspecified atom stereocenters. The molecule has 1 amide bonds. The number of amides is 1. The average molecular weight is 431 g/mol. The zero-order valence-corrected chi connectivity index (χ0v) is 16.9. The first-order valence-corrected chi connectivity index (χ1v) is 9.95. The number of carbonyl (C=O) groups is 1. The maximum Gasteiger partial charge on any atom is 0.416 e.